The molecule has 0 bridgehead atoms. The average Bonchev–Trinajstić information content (AvgIpc) is 2.48. The highest BCUT2D eigenvalue weighted by Gasteiger charge is 2.53. The predicted octanol–water partition coefficient (Wildman–Crippen LogP) is 2.21. The Balaban J connectivity index is 2.39. The summed E-state index contributed by atoms with van der Waals surface area (Å²) in [5, 5.41) is 20.8. The maximum atomic E-state index is 11.4. The summed E-state index contributed by atoms with van der Waals surface area (Å²) >= 11 is 0. The quantitative estimate of drug-likeness (QED) is 0.605. The second-order valence-corrected chi connectivity index (χ2v) is 6.86. The van der Waals surface area contributed by atoms with Crippen LogP contribution in [0.5, 0.6) is 0 Å². The Morgan fingerprint density at radius 1 is 1.43 bits per heavy atom. The van der Waals surface area contributed by atoms with E-state index in [1.54, 1.807) is 6.92 Å². The second-order valence-electron chi connectivity index (χ2n) is 6.86. The summed E-state index contributed by atoms with van der Waals surface area (Å²) in [4.78, 5) is 11.4. The summed E-state index contributed by atoms with van der Waals surface area (Å²) in [6.45, 7) is 11.0. The third-order valence-corrected chi connectivity index (χ3v) is 5.24. The molecule has 0 spiro atoms. The first-order valence-electron chi connectivity index (χ1n) is 7.56. The van der Waals surface area contributed by atoms with Crippen LogP contribution in [-0.4, -0.2) is 34.0 Å². The maximum Gasteiger partial charge on any atom is 0.303 e. The topological polar surface area (TPSA) is 66.8 Å². The van der Waals surface area contributed by atoms with Gasteiger partial charge in [-0.1, -0.05) is 17.7 Å². The van der Waals surface area contributed by atoms with Crippen LogP contribution in [0, 0.1) is 17.8 Å². The number of carbonyl (C=O) groups excluding carboxylic acids is 1. The number of hydrogen-bond acceptors (Lipinski definition) is 4. The van der Waals surface area contributed by atoms with Crippen LogP contribution in [0.15, 0.2) is 23.8 Å². The third kappa shape index (κ3) is 2.92. The fraction of sp³-hybridized carbons (Fsp3) is 0.706. The molecule has 0 saturated heterocycles. The molecule has 2 aliphatic rings. The molecule has 1 saturated carbocycles. The van der Waals surface area contributed by atoms with E-state index in [0.29, 0.717) is 12.8 Å². The van der Waals surface area contributed by atoms with Crippen LogP contribution in [0.1, 0.15) is 40.5 Å². The molecule has 2 N–H and O–H groups in total. The minimum absolute atomic E-state index is 0.0318. The van der Waals surface area contributed by atoms with Crippen LogP contribution >= 0.6 is 0 Å². The summed E-state index contributed by atoms with van der Waals surface area (Å²) in [5.41, 5.74) is 0.897. The molecule has 1 fully saturated rings. The lowest BCUT2D eigenvalue weighted by atomic mass is 9.77. The van der Waals surface area contributed by atoms with Crippen molar-refractivity contribution >= 4 is 5.97 Å². The van der Waals surface area contributed by atoms with Crippen LogP contribution < -0.4 is 0 Å². The minimum atomic E-state index is -1.11. The van der Waals surface area contributed by atoms with E-state index in [2.05, 4.69) is 6.58 Å². The molecule has 6 atom stereocenters. The molecule has 0 aliphatic heterocycles. The van der Waals surface area contributed by atoms with E-state index in [-0.39, 0.29) is 29.8 Å². The van der Waals surface area contributed by atoms with Crippen LogP contribution in [0.2, 0.25) is 0 Å². The Morgan fingerprint density at radius 2 is 2.05 bits per heavy atom. The van der Waals surface area contributed by atoms with Gasteiger partial charge in [0.15, 0.2) is 0 Å². The van der Waals surface area contributed by atoms with E-state index in [4.69, 9.17) is 4.74 Å². The highest BCUT2D eigenvalue weighted by atomic mass is 16.5. The molecule has 118 valence electrons. The number of aliphatic hydroxyl groups excluding tert-OH is 1. The SMILES string of the molecule is C=C(C)C1CC2C(CC(O)C2(C)O)C(C)=CC1OC(C)=O. The number of ether oxygens (including phenoxy) is 1. The summed E-state index contributed by atoms with van der Waals surface area (Å²) in [5.74, 6) is -0.270. The van der Waals surface area contributed by atoms with Gasteiger partial charge < -0.3 is 14.9 Å². The van der Waals surface area contributed by atoms with Gasteiger partial charge in [-0.3, -0.25) is 4.79 Å². The van der Waals surface area contributed by atoms with Gasteiger partial charge in [0.25, 0.3) is 0 Å². The van der Waals surface area contributed by atoms with Gasteiger partial charge in [-0.15, -0.1) is 0 Å². The zero-order valence-electron chi connectivity index (χ0n) is 13.3. The Bertz CT molecular complexity index is 477. The fourth-order valence-electron chi connectivity index (χ4n) is 3.90. The van der Waals surface area contributed by atoms with E-state index in [0.717, 1.165) is 11.1 Å². The zero-order valence-corrected chi connectivity index (χ0v) is 13.3. The molecular formula is C17H26O4. The van der Waals surface area contributed by atoms with E-state index < -0.39 is 11.7 Å². The highest BCUT2D eigenvalue weighted by Crippen LogP contribution is 2.50. The molecule has 0 amide bonds. The van der Waals surface area contributed by atoms with Gasteiger partial charge in [0.1, 0.15) is 6.10 Å². The molecule has 0 aromatic heterocycles. The van der Waals surface area contributed by atoms with Crippen LogP contribution in [0.3, 0.4) is 0 Å². The second kappa shape index (κ2) is 5.58. The summed E-state index contributed by atoms with van der Waals surface area (Å²) in [6.07, 6.45) is 2.14. The van der Waals surface area contributed by atoms with Crippen molar-refractivity contribution in [1.82, 2.24) is 0 Å². The van der Waals surface area contributed by atoms with E-state index in [9.17, 15) is 15.0 Å². The third-order valence-electron chi connectivity index (χ3n) is 5.24. The van der Waals surface area contributed by atoms with Crippen molar-refractivity contribution < 1.29 is 19.7 Å². The predicted molar refractivity (Wildman–Crippen MR) is 80.5 cm³/mol. The molecule has 2 aliphatic carbocycles. The van der Waals surface area contributed by atoms with E-state index in [1.807, 2.05) is 19.9 Å². The van der Waals surface area contributed by atoms with Gasteiger partial charge in [0.05, 0.1) is 11.7 Å². The van der Waals surface area contributed by atoms with Crippen molar-refractivity contribution in [1.29, 1.82) is 0 Å². The molecule has 0 aromatic carbocycles. The normalized spacial score (nSPS) is 42.8. The minimum Gasteiger partial charge on any atom is -0.458 e. The first-order chi connectivity index (χ1) is 9.64. The van der Waals surface area contributed by atoms with Gasteiger partial charge in [-0.2, -0.15) is 0 Å². The highest BCUT2D eigenvalue weighted by molar-refractivity contribution is 5.66. The summed E-state index contributed by atoms with van der Waals surface area (Å²) in [6, 6.07) is 0. The molecule has 6 unspecified atom stereocenters. The Labute approximate surface area is 126 Å². The number of hydrogen-bond donors (Lipinski definition) is 2. The molecule has 0 radical (unpaired) electrons. The molecular weight excluding hydrogens is 268 g/mol. The first-order valence-corrected chi connectivity index (χ1v) is 7.56. The van der Waals surface area contributed by atoms with Crippen molar-refractivity contribution in [3.05, 3.63) is 23.8 Å². The van der Waals surface area contributed by atoms with Crippen molar-refractivity contribution in [2.75, 3.05) is 0 Å². The van der Waals surface area contributed by atoms with Gasteiger partial charge in [-0.25, -0.2) is 0 Å². The van der Waals surface area contributed by atoms with Gasteiger partial charge in [0.2, 0.25) is 0 Å². The Morgan fingerprint density at radius 3 is 2.57 bits per heavy atom. The molecule has 4 heteroatoms. The van der Waals surface area contributed by atoms with Crippen molar-refractivity contribution in [2.24, 2.45) is 17.8 Å². The maximum absolute atomic E-state index is 11.4. The lowest BCUT2D eigenvalue weighted by Gasteiger charge is -2.33. The number of esters is 1. The van der Waals surface area contributed by atoms with Crippen molar-refractivity contribution in [3.8, 4) is 0 Å². The van der Waals surface area contributed by atoms with Gasteiger partial charge in [0, 0.05) is 12.8 Å². The Hall–Kier alpha value is -1.13. The largest absolute Gasteiger partial charge is 0.458 e. The van der Waals surface area contributed by atoms with Crippen molar-refractivity contribution in [2.45, 2.75) is 58.3 Å². The van der Waals surface area contributed by atoms with E-state index >= 15 is 0 Å². The number of aliphatic hydroxyl groups is 2. The van der Waals surface area contributed by atoms with E-state index in [1.165, 1.54) is 6.92 Å². The van der Waals surface area contributed by atoms with Crippen LogP contribution in [0.4, 0.5) is 0 Å². The lowest BCUT2D eigenvalue weighted by Crippen LogP contribution is -2.42. The van der Waals surface area contributed by atoms with Crippen LogP contribution in [0.25, 0.3) is 0 Å². The van der Waals surface area contributed by atoms with Gasteiger partial charge >= 0.3 is 5.97 Å². The number of fused-ring (bicyclic) bond motifs is 1. The molecule has 0 heterocycles. The standard InChI is InChI=1S/C17H26O4/c1-9(2)12-7-14-13(8-16(19)17(14,5)20)10(3)6-15(12)21-11(4)18/h6,12-16,19-20H,1,7-8H2,2-5H3. The number of rotatable bonds is 2. The zero-order chi connectivity index (χ0) is 15.9. The molecule has 4 nitrogen and oxygen atoms in total. The number of allylic oxidation sites excluding steroid dienone is 1. The first kappa shape index (κ1) is 16.2. The summed E-state index contributed by atoms with van der Waals surface area (Å²) in [7, 11) is 0. The monoisotopic (exact) mass is 294 g/mol. The lowest BCUT2D eigenvalue weighted by molar-refractivity contribution is -0.146. The fourth-order valence-corrected chi connectivity index (χ4v) is 3.90. The van der Waals surface area contributed by atoms with Crippen LogP contribution in [-0.2, 0) is 9.53 Å². The number of carbonyl (C=O) groups is 1. The average molecular weight is 294 g/mol. The summed E-state index contributed by atoms with van der Waals surface area (Å²) < 4.78 is 5.46. The molecule has 2 rings (SSSR count). The smallest absolute Gasteiger partial charge is 0.303 e. The molecule has 0 aromatic rings. The Kier molecular flexibility index (Phi) is 4.31. The van der Waals surface area contributed by atoms with Gasteiger partial charge in [-0.05, 0) is 51.5 Å². The molecule has 21 heavy (non-hydrogen) atoms. The van der Waals surface area contributed by atoms with Crippen molar-refractivity contribution in [3.63, 3.8) is 0 Å².